The highest BCUT2D eigenvalue weighted by molar-refractivity contribution is 5.96. The molecule has 2 heterocycles. The molecular formula is C17H13F3N2O3. The Morgan fingerprint density at radius 1 is 1.20 bits per heavy atom. The Morgan fingerprint density at radius 3 is 2.56 bits per heavy atom. The van der Waals surface area contributed by atoms with Gasteiger partial charge in [-0.15, -0.1) is 0 Å². The highest BCUT2D eigenvalue weighted by atomic mass is 19.2. The van der Waals surface area contributed by atoms with Crippen LogP contribution in [0.3, 0.4) is 0 Å². The molecule has 5 nitrogen and oxygen atoms in total. The highest BCUT2D eigenvalue weighted by Crippen LogP contribution is 2.24. The minimum Gasteiger partial charge on any atom is -0.462 e. The van der Waals surface area contributed by atoms with Crippen molar-refractivity contribution in [2.24, 2.45) is 0 Å². The van der Waals surface area contributed by atoms with E-state index in [1.165, 1.54) is 16.8 Å². The number of aromatic nitrogens is 2. The molecule has 3 rings (SSSR count). The van der Waals surface area contributed by atoms with E-state index in [0.717, 1.165) is 6.07 Å². The van der Waals surface area contributed by atoms with Crippen LogP contribution in [0.15, 0.2) is 23.1 Å². The second-order valence-electron chi connectivity index (χ2n) is 5.30. The maximum Gasteiger partial charge on any atom is 0.343 e. The van der Waals surface area contributed by atoms with Gasteiger partial charge >= 0.3 is 5.97 Å². The molecule has 0 aliphatic rings. The van der Waals surface area contributed by atoms with Crippen LogP contribution in [0.2, 0.25) is 0 Å². The molecule has 0 bridgehead atoms. The van der Waals surface area contributed by atoms with Crippen molar-refractivity contribution in [2.45, 2.75) is 20.4 Å². The lowest BCUT2D eigenvalue weighted by molar-refractivity contribution is 0.0524. The van der Waals surface area contributed by atoms with E-state index >= 15 is 0 Å². The maximum atomic E-state index is 14.0. The van der Waals surface area contributed by atoms with Crippen LogP contribution in [0.1, 0.15) is 24.2 Å². The van der Waals surface area contributed by atoms with Gasteiger partial charge < -0.3 is 9.30 Å². The SMILES string of the molecule is CCOC(=O)c1cn(CC)c2nc3c(F)c(F)c(F)cc3cc2c1=O. The molecule has 0 radical (unpaired) electrons. The normalized spacial score (nSPS) is 11.2. The number of esters is 1. The number of pyridine rings is 2. The van der Waals surface area contributed by atoms with Crippen LogP contribution in [-0.2, 0) is 11.3 Å². The monoisotopic (exact) mass is 350 g/mol. The lowest BCUT2D eigenvalue weighted by Crippen LogP contribution is -2.21. The Labute approximate surface area is 139 Å². The summed E-state index contributed by atoms with van der Waals surface area (Å²) in [5.74, 6) is -5.24. The number of benzene rings is 1. The third kappa shape index (κ3) is 2.63. The number of carbonyl (C=O) groups excluding carboxylic acids is 1. The number of hydrogen-bond acceptors (Lipinski definition) is 4. The van der Waals surface area contributed by atoms with Gasteiger partial charge in [-0.05, 0) is 26.0 Å². The quantitative estimate of drug-likeness (QED) is 0.414. The molecule has 25 heavy (non-hydrogen) atoms. The molecule has 8 heteroatoms. The number of aryl methyl sites for hydroxylation is 1. The molecule has 0 aliphatic carbocycles. The van der Waals surface area contributed by atoms with Crippen molar-refractivity contribution in [3.8, 4) is 0 Å². The molecule has 0 atom stereocenters. The molecule has 130 valence electrons. The molecule has 1 aromatic carbocycles. The summed E-state index contributed by atoms with van der Waals surface area (Å²) in [5, 5.41) is -0.0880. The Kier molecular flexibility index (Phi) is 4.20. The molecule has 0 amide bonds. The summed E-state index contributed by atoms with van der Waals surface area (Å²) in [6.07, 6.45) is 1.26. The summed E-state index contributed by atoms with van der Waals surface area (Å²) in [6.45, 7) is 3.74. The van der Waals surface area contributed by atoms with Crippen LogP contribution in [0, 0.1) is 17.5 Å². The van der Waals surface area contributed by atoms with Gasteiger partial charge in [0.05, 0.1) is 12.0 Å². The van der Waals surface area contributed by atoms with Crippen molar-refractivity contribution in [2.75, 3.05) is 6.61 Å². The molecule has 0 aliphatic heterocycles. The van der Waals surface area contributed by atoms with Crippen LogP contribution < -0.4 is 5.43 Å². The summed E-state index contributed by atoms with van der Waals surface area (Å²) in [7, 11) is 0. The maximum absolute atomic E-state index is 14.0. The predicted molar refractivity (Wildman–Crippen MR) is 85.0 cm³/mol. The van der Waals surface area contributed by atoms with Gasteiger partial charge in [-0.3, -0.25) is 4.79 Å². The molecule has 0 N–H and O–H groups in total. The van der Waals surface area contributed by atoms with Gasteiger partial charge in [0.1, 0.15) is 16.7 Å². The first-order chi connectivity index (χ1) is 11.9. The van der Waals surface area contributed by atoms with Crippen molar-refractivity contribution in [3.63, 3.8) is 0 Å². The van der Waals surface area contributed by atoms with Crippen molar-refractivity contribution in [1.29, 1.82) is 0 Å². The van der Waals surface area contributed by atoms with Crippen LogP contribution in [0.5, 0.6) is 0 Å². The van der Waals surface area contributed by atoms with E-state index in [0.29, 0.717) is 6.54 Å². The number of halogens is 3. The van der Waals surface area contributed by atoms with E-state index < -0.39 is 34.4 Å². The summed E-state index contributed by atoms with van der Waals surface area (Å²) in [5.41, 5.74) is -1.20. The average Bonchev–Trinajstić information content (AvgIpc) is 2.59. The molecule has 0 saturated heterocycles. The minimum absolute atomic E-state index is 0.00897. The zero-order valence-electron chi connectivity index (χ0n) is 13.4. The number of ether oxygens (including phenoxy) is 1. The third-order valence-corrected chi connectivity index (χ3v) is 3.81. The highest BCUT2D eigenvalue weighted by Gasteiger charge is 2.20. The largest absolute Gasteiger partial charge is 0.462 e. The molecule has 0 spiro atoms. The molecule has 0 fully saturated rings. The van der Waals surface area contributed by atoms with E-state index in [-0.39, 0.29) is 28.6 Å². The Balaban J connectivity index is 2.44. The number of carbonyl (C=O) groups is 1. The van der Waals surface area contributed by atoms with Crippen LogP contribution in [0.4, 0.5) is 13.2 Å². The van der Waals surface area contributed by atoms with Crippen molar-refractivity contribution >= 4 is 27.9 Å². The summed E-state index contributed by atoms with van der Waals surface area (Å²) < 4.78 is 47.2. The van der Waals surface area contributed by atoms with Gasteiger partial charge in [-0.1, -0.05) is 0 Å². The van der Waals surface area contributed by atoms with Crippen LogP contribution in [-0.4, -0.2) is 22.1 Å². The lowest BCUT2D eigenvalue weighted by Gasteiger charge is -2.12. The van der Waals surface area contributed by atoms with Gasteiger partial charge in [0.2, 0.25) is 5.43 Å². The fraction of sp³-hybridized carbons (Fsp3) is 0.235. The number of rotatable bonds is 3. The van der Waals surface area contributed by atoms with E-state index in [1.54, 1.807) is 13.8 Å². The van der Waals surface area contributed by atoms with Gasteiger partial charge in [0.15, 0.2) is 17.5 Å². The van der Waals surface area contributed by atoms with Crippen molar-refractivity contribution in [1.82, 2.24) is 9.55 Å². The van der Waals surface area contributed by atoms with Crippen molar-refractivity contribution in [3.05, 3.63) is 51.6 Å². The van der Waals surface area contributed by atoms with Gasteiger partial charge in [-0.25, -0.2) is 22.9 Å². The lowest BCUT2D eigenvalue weighted by atomic mass is 10.1. The first kappa shape index (κ1) is 16.9. The molecule has 3 aromatic rings. The Hall–Kier alpha value is -2.90. The van der Waals surface area contributed by atoms with Crippen LogP contribution in [0.25, 0.3) is 21.9 Å². The average molecular weight is 350 g/mol. The fourth-order valence-corrected chi connectivity index (χ4v) is 2.62. The zero-order valence-corrected chi connectivity index (χ0v) is 13.4. The molecular weight excluding hydrogens is 337 g/mol. The van der Waals surface area contributed by atoms with E-state index in [4.69, 9.17) is 4.74 Å². The standard InChI is InChI=1S/C17H13F3N2O3/c1-3-22-7-10(17(24)25-4-2)15(23)9-5-8-6-11(18)12(19)13(20)14(8)21-16(9)22/h5-7H,3-4H2,1-2H3. The van der Waals surface area contributed by atoms with Crippen molar-refractivity contribution < 1.29 is 22.7 Å². The smallest absolute Gasteiger partial charge is 0.343 e. The Morgan fingerprint density at radius 2 is 1.92 bits per heavy atom. The Bertz CT molecular complexity index is 1080. The number of hydrogen-bond donors (Lipinski definition) is 0. The fourth-order valence-electron chi connectivity index (χ4n) is 2.62. The van der Waals surface area contributed by atoms with E-state index in [9.17, 15) is 22.8 Å². The summed E-state index contributed by atoms with van der Waals surface area (Å²) >= 11 is 0. The van der Waals surface area contributed by atoms with Gasteiger partial charge in [0.25, 0.3) is 0 Å². The number of fused-ring (bicyclic) bond motifs is 2. The molecule has 0 unspecified atom stereocenters. The zero-order chi connectivity index (χ0) is 18.3. The van der Waals surface area contributed by atoms with Crippen LogP contribution >= 0.6 is 0 Å². The molecule has 0 saturated carbocycles. The third-order valence-electron chi connectivity index (χ3n) is 3.81. The second kappa shape index (κ2) is 6.19. The topological polar surface area (TPSA) is 61.2 Å². The predicted octanol–water partition coefficient (Wildman–Crippen LogP) is 3.16. The summed E-state index contributed by atoms with van der Waals surface area (Å²) in [6, 6.07) is 1.95. The van der Waals surface area contributed by atoms with Gasteiger partial charge in [0, 0.05) is 18.1 Å². The second-order valence-corrected chi connectivity index (χ2v) is 5.30. The first-order valence-corrected chi connectivity index (χ1v) is 7.57. The van der Waals surface area contributed by atoms with Gasteiger partial charge in [-0.2, -0.15) is 0 Å². The summed E-state index contributed by atoms with van der Waals surface area (Å²) in [4.78, 5) is 28.5. The first-order valence-electron chi connectivity index (χ1n) is 7.57. The van der Waals surface area contributed by atoms with E-state index in [1.807, 2.05) is 0 Å². The number of nitrogens with zero attached hydrogens (tertiary/aromatic N) is 2. The van der Waals surface area contributed by atoms with E-state index in [2.05, 4.69) is 4.98 Å². The minimum atomic E-state index is -1.63. The molecule has 2 aromatic heterocycles.